The second-order valence-electron chi connectivity index (χ2n) is 2.53. The van der Waals surface area contributed by atoms with Gasteiger partial charge in [-0.05, 0) is 12.5 Å². The molecule has 1 heterocycles. The summed E-state index contributed by atoms with van der Waals surface area (Å²) in [6, 6.07) is -1.10. The molecule has 0 fully saturated rings. The van der Waals surface area contributed by atoms with Crippen LogP contribution in [0.3, 0.4) is 0 Å². The van der Waals surface area contributed by atoms with Gasteiger partial charge in [0.25, 0.3) is 10.0 Å². The third-order valence-corrected chi connectivity index (χ3v) is 3.01. The van der Waals surface area contributed by atoms with E-state index in [1.54, 1.807) is 10.8 Å². The number of carbonyl (C=O) groups excluding carboxylic acids is 1. The van der Waals surface area contributed by atoms with E-state index in [0.29, 0.717) is 12.8 Å². The highest BCUT2D eigenvalue weighted by Crippen LogP contribution is 2.14. The summed E-state index contributed by atoms with van der Waals surface area (Å²) in [6.45, 7) is 0. The Morgan fingerprint density at radius 1 is 1.62 bits per heavy atom. The number of hydrogen-bond acceptors (Lipinski definition) is 4. The molecule has 0 aromatic heterocycles. The van der Waals surface area contributed by atoms with Crippen LogP contribution < -0.4 is 10.5 Å². The number of rotatable bonds is 2. The number of hydrogen-bond donors (Lipinski definition) is 2. The summed E-state index contributed by atoms with van der Waals surface area (Å²) in [5, 5.41) is 0. The van der Waals surface area contributed by atoms with E-state index in [1.807, 2.05) is 0 Å². The molecular weight excluding hydrogens is 196 g/mol. The summed E-state index contributed by atoms with van der Waals surface area (Å²) in [5.74, 6) is 0. The molecule has 0 aromatic carbocycles. The van der Waals surface area contributed by atoms with Crippen LogP contribution in [0, 0.1) is 0 Å². The lowest BCUT2D eigenvalue weighted by molar-refractivity contribution is 0.187. The number of allylic oxidation sites excluding steroid dienone is 1. The molecule has 0 saturated heterocycles. The first kappa shape index (κ1) is 9.85. The molecule has 1 atom stereocenters. The Morgan fingerprint density at radius 3 is 2.77 bits per heavy atom. The minimum absolute atomic E-state index is 0.319. The first-order valence-electron chi connectivity index (χ1n) is 3.64. The second kappa shape index (κ2) is 3.65. The van der Waals surface area contributed by atoms with Crippen LogP contribution in [0.2, 0.25) is 0 Å². The fourth-order valence-electron chi connectivity index (χ4n) is 0.946. The van der Waals surface area contributed by atoms with Crippen molar-refractivity contribution in [2.24, 2.45) is 5.73 Å². The SMILES string of the molecule is NC(=O)NS(=O)(=O)C1CCC=CO1. The molecule has 1 aliphatic heterocycles. The summed E-state index contributed by atoms with van der Waals surface area (Å²) in [6.07, 6.45) is 3.92. The molecule has 1 aliphatic rings. The average molecular weight is 206 g/mol. The molecule has 0 aliphatic carbocycles. The normalized spacial score (nSPS) is 22.0. The van der Waals surface area contributed by atoms with E-state index in [9.17, 15) is 13.2 Å². The van der Waals surface area contributed by atoms with Crippen molar-refractivity contribution in [2.75, 3.05) is 0 Å². The minimum Gasteiger partial charge on any atom is -0.481 e. The van der Waals surface area contributed by atoms with E-state index in [4.69, 9.17) is 4.74 Å². The van der Waals surface area contributed by atoms with E-state index in [2.05, 4.69) is 5.73 Å². The highest BCUT2D eigenvalue weighted by molar-refractivity contribution is 7.90. The number of amides is 2. The number of nitrogens with two attached hydrogens (primary N) is 1. The van der Waals surface area contributed by atoms with Gasteiger partial charge in [0.1, 0.15) is 0 Å². The number of primary amides is 1. The van der Waals surface area contributed by atoms with Crippen LogP contribution in [-0.4, -0.2) is 19.9 Å². The molecule has 74 valence electrons. The Hall–Kier alpha value is -1.24. The average Bonchev–Trinajstić information content (AvgIpc) is 2.04. The highest BCUT2D eigenvalue weighted by Gasteiger charge is 2.28. The molecule has 0 bridgehead atoms. The van der Waals surface area contributed by atoms with Crippen LogP contribution in [0.25, 0.3) is 0 Å². The van der Waals surface area contributed by atoms with Gasteiger partial charge in [0.15, 0.2) is 0 Å². The number of urea groups is 1. The highest BCUT2D eigenvalue weighted by atomic mass is 32.2. The topological polar surface area (TPSA) is 98.5 Å². The van der Waals surface area contributed by atoms with Crippen LogP contribution in [0.1, 0.15) is 12.8 Å². The van der Waals surface area contributed by atoms with Gasteiger partial charge in [-0.15, -0.1) is 0 Å². The van der Waals surface area contributed by atoms with Gasteiger partial charge >= 0.3 is 6.03 Å². The molecule has 13 heavy (non-hydrogen) atoms. The molecule has 1 unspecified atom stereocenters. The molecule has 7 heteroatoms. The van der Waals surface area contributed by atoms with Crippen LogP contribution in [0.4, 0.5) is 4.79 Å². The Kier molecular flexibility index (Phi) is 2.76. The monoisotopic (exact) mass is 206 g/mol. The summed E-state index contributed by atoms with van der Waals surface area (Å²) in [4.78, 5) is 10.3. The quantitative estimate of drug-likeness (QED) is 0.644. The van der Waals surface area contributed by atoms with Gasteiger partial charge in [-0.25, -0.2) is 17.9 Å². The number of carbonyl (C=O) groups is 1. The predicted octanol–water partition coefficient (Wildman–Crippen LogP) is -0.365. The molecular formula is C6H10N2O4S. The zero-order valence-electron chi connectivity index (χ0n) is 6.76. The summed E-state index contributed by atoms with van der Waals surface area (Å²) < 4.78 is 28.9. The summed E-state index contributed by atoms with van der Waals surface area (Å²) in [5.41, 5.74) is 3.66. The third-order valence-electron chi connectivity index (χ3n) is 1.48. The van der Waals surface area contributed by atoms with Crippen molar-refractivity contribution in [3.63, 3.8) is 0 Å². The maximum absolute atomic E-state index is 11.2. The van der Waals surface area contributed by atoms with Crippen molar-refractivity contribution in [3.8, 4) is 0 Å². The molecule has 0 aromatic rings. The first-order valence-corrected chi connectivity index (χ1v) is 5.18. The molecule has 0 saturated carbocycles. The summed E-state index contributed by atoms with van der Waals surface area (Å²) >= 11 is 0. The second-order valence-corrected chi connectivity index (χ2v) is 4.35. The van der Waals surface area contributed by atoms with Crippen LogP contribution in [-0.2, 0) is 14.8 Å². The largest absolute Gasteiger partial charge is 0.481 e. The standard InChI is InChI=1S/C6H10N2O4S/c7-6(9)8-13(10,11)5-3-1-2-4-12-5/h2,4-5H,1,3H2,(H3,7,8,9). The van der Waals surface area contributed by atoms with E-state index in [0.717, 1.165) is 0 Å². The molecule has 3 N–H and O–H groups in total. The summed E-state index contributed by atoms with van der Waals surface area (Å²) in [7, 11) is -3.78. The van der Waals surface area contributed by atoms with Crippen molar-refractivity contribution in [2.45, 2.75) is 18.3 Å². The number of nitrogens with one attached hydrogen (secondary N) is 1. The maximum atomic E-state index is 11.2. The van der Waals surface area contributed by atoms with E-state index < -0.39 is 21.5 Å². The zero-order chi connectivity index (χ0) is 9.90. The lowest BCUT2D eigenvalue weighted by Gasteiger charge is -2.18. The van der Waals surface area contributed by atoms with Crippen molar-refractivity contribution in [1.29, 1.82) is 0 Å². The molecule has 2 amide bonds. The van der Waals surface area contributed by atoms with Crippen molar-refractivity contribution < 1.29 is 17.9 Å². The van der Waals surface area contributed by atoms with Gasteiger partial charge in [-0.1, -0.05) is 0 Å². The predicted molar refractivity (Wildman–Crippen MR) is 44.9 cm³/mol. The van der Waals surface area contributed by atoms with Gasteiger partial charge in [0.2, 0.25) is 5.44 Å². The Morgan fingerprint density at radius 2 is 2.31 bits per heavy atom. The van der Waals surface area contributed by atoms with Crippen LogP contribution in [0.15, 0.2) is 12.3 Å². The van der Waals surface area contributed by atoms with Gasteiger partial charge in [-0.2, -0.15) is 0 Å². The van der Waals surface area contributed by atoms with Crippen LogP contribution in [0.5, 0.6) is 0 Å². The van der Waals surface area contributed by atoms with Gasteiger partial charge in [0, 0.05) is 6.42 Å². The third kappa shape index (κ3) is 2.62. The minimum atomic E-state index is -3.78. The Balaban J connectivity index is 2.69. The lowest BCUT2D eigenvalue weighted by atomic mass is 10.3. The van der Waals surface area contributed by atoms with E-state index in [1.165, 1.54) is 6.26 Å². The van der Waals surface area contributed by atoms with E-state index in [-0.39, 0.29) is 0 Å². The number of ether oxygens (including phenoxy) is 1. The number of sulfonamides is 1. The fourth-order valence-corrected chi connectivity index (χ4v) is 2.01. The van der Waals surface area contributed by atoms with Gasteiger partial charge in [-0.3, -0.25) is 0 Å². The Bertz CT molecular complexity index is 322. The first-order chi connectivity index (χ1) is 6.02. The molecule has 1 rings (SSSR count). The van der Waals surface area contributed by atoms with E-state index >= 15 is 0 Å². The van der Waals surface area contributed by atoms with Crippen molar-refractivity contribution >= 4 is 16.1 Å². The fraction of sp³-hybridized carbons (Fsp3) is 0.500. The smallest absolute Gasteiger partial charge is 0.325 e. The lowest BCUT2D eigenvalue weighted by Crippen LogP contribution is -2.42. The maximum Gasteiger partial charge on any atom is 0.325 e. The van der Waals surface area contributed by atoms with Crippen molar-refractivity contribution in [1.82, 2.24) is 4.72 Å². The Labute approximate surface area is 75.8 Å². The van der Waals surface area contributed by atoms with Gasteiger partial charge < -0.3 is 10.5 Å². The zero-order valence-corrected chi connectivity index (χ0v) is 7.58. The molecule has 0 spiro atoms. The molecule has 0 radical (unpaired) electrons. The van der Waals surface area contributed by atoms with Crippen LogP contribution >= 0.6 is 0 Å². The molecule has 6 nitrogen and oxygen atoms in total. The van der Waals surface area contributed by atoms with Gasteiger partial charge in [0.05, 0.1) is 6.26 Å². The van der Waals surface area contributed by atoms with Crippen molar-refractivity contribution in [3.05, 3.63) is 12.3 Å².